The van der Waals surface area contributed by atoms with E-state index in [9.17, 15) is 0 Å². The standard InChI is InChI=1S/C26H30/c1-17(2)13-24(19(5)6)16-25-14-21(8)26(15-20(25)7)23-11-9-22(10-12-23)18(3)4/h9-12,14-16H,1,3,5,13H2,2,4,6-8H3/b24-16+. The summed E-state index contributed by atoms with van der Waals surface area (Å²) in [6.07, 6.45) is 3.13. The number of benzene rings is 2. The van der Waals surface area contributed by atoms with Gasteiger partial charge in [-0.2, -0.15) is 0 Å². The van der Waals surface area contributed by atoms with E-state index in [0.29, 0.717) is 0 Å². The van der Waals surface area contributed by atoms with Crippen molar-refractivity contribution in [2.45, 2.75) is 41.0 Å². The Balaban J connectivity index is 2.46. The Kier molecular flexibility index (Phi) is 6.21. The van der Waals surface area contributed by atoms with Crippen LogP contribution in [-0.2, 0) is 0 Å². The van der Waals surface area contributed by atoms with Gasteiger partial charge in [0.05, 0.1) is 0 Å². The molecule has 0 saturated carbocycles. The molecule has 0 saturated heterocycles. The maximum absolute atomic E-state index is 4.13. The van der Waals surface area contributed by atoms with Gasteiger partial charge in [-0.05, 0) is 80.0 Å². The molecule has 0 aromatic heterocycles. The zero-order chi connectivity index (χ0) is 19.4. The third-order valence-corrected chi connectivity index (χ3v) is 4.67. The van der Waals surface area contributed by atoms with Crippen molar-refractivity contribution in [1.29, 1.82) is 0 Å². The lowest BCUT2D eigenvalue weighted by Gasteiger charge is -2.13. The van der Waals surface area contributed by atoms with Gasteiger partial charge >= 0.3 is 0 Å². The van der Waals surface area contributed by atoms with Gasteiger partial charge in [-0.1, -0.05) is 78.9 Å². The van der Waals surface area contributed by atoms with Crippen LogP contribution >= 0.6 is 0 Å². The van der Waals surface area contributed by atoms with Gasteiger partial charge in [0, 0.05) is 0 Å². The average molecular weight is 343 g/mol. The topological polar surface area (TPSA) is 0 Å². The van der Waals surface area contributed by atoms with Crippen LogP contribution in [0.15, 0.2) is 72.9 Å². The molecule has 0 nitrogen and oxygen atoms in total. The van der Waals surface area contributed by atoms with Crippen LogP contribution in [0.4, 0.5) is 0 Å². The van der Waals surface area contributed by atoms with Crippen LogP contribution < -0.4 is 0 Å². The Morgan fingerprint density at radius 1 is 0.885 bits per heavy atom. The second kappa shape index (κ2) is 8.19. The number of hydrogen-bond donors (Lipinski definition) is 0. The Bertz CT molecular complexity index is 886. The minimum absolute atomic E-state index is 0.873. The van der Waals surface area contributed by atoms with Crippen molar-refractivity contribution in [2.75, 3.05) is 0 Å². The van der Waals surface area contributed by atoms with Gasteiger partial charge < -0.3 is 0 Å². The molecular formula is C26H30. The fraction of sp³-hybridized carbons (Fsp3) is 0.231. The molecule has 0 amide bonds. The fourth-order valence-corrected chi connectivity index (χ4v) is 3.08. The normalized spacial score (nSPS) is 11.3. The maximum atomic E-state index is 4.13. The number of hydrogen-bond acceptors (Lipinski definition) is 0. The summed E-state index contributed by atoms with van der Waals surface area (Å²) < 4.78 is 0. The molecule has 0 aliphatic rings. The molecule has 0 aliphatic carbocycles. The fourth-order valence-electron chi connectivity index (χ4n) is 3.08. The first-order valence-corrected chi connectivity index (χ1v) is 9.07. The predicted octanol–water partition coefficient (Wildman–Crippen LogP) is 7.93. The molecule has 2 aromatic carbocycles. The summed E-state index contributed by atoms with van der Waals surface area (Å²) in [7, 11) is 0. The molecule has 0 fully saturated rings. The molecule has 2 rings (SSSR count). The van der Waals surface area contributed by atoms with Crippen molar-refractivity contribution in [2.24, 2.45) is 0 Å². The van der Waals surface area contributed by atoms with Crippen molar-refractivity contribution in [3.8, 4) is 11.1 Å². The highest BCUT2D eigenvalue weighted by Crippen LogP contribution is 2.30. The molecule has 0 heterocycles. The van der Waals surface area contributed by atoms with E-state index in [1.54, 1.807) is 0 Å². The van der Waals surface area contributed by atoms with E-state index in [-0.39, 0.29) is 0 Å². The van der Waals surface area contributed by atoms with Gasteiger partial charge in [0.15, 0.2) is 0 Å². The van der Waals surface area contributed by atoms with Crippen molar-refractivity contribution in [3.63, 3.8) is 0 Å². The van der Waals surface area contributed by atoms with Gasteiger partial charge in [0.1, 0.15) is 0 Å². The molecule has 2 aromatic rings. The zero-order valence-corrected chi connectivity index (χ0v) is 16.9. The molecule has 0 radical (unpaired) electrons. The van der Waals surface area contributed by atoms with Crippen molar-refractivity contribution < 1.29 is 0 Å². The second-order valence-corrected chi connectivity index (χ2v) is 7.47. The molecule has 0 unspecified atom stereocenters. The van der Waals surface area contributed by atoms with Crippen LogP contribution in [0.25, 0.3) is 22.8 Å². The number of aryl methyl sites for hydroxylation is 2. The van der Waals surface area contributed by atoms with Crippen LogP contribution in [0.2, 0.25) is 0 Å². The van der Waals surface area contributed by atoms with E-state index in [0.717, 1.165) is 23.1 Å². The minimum Gasteiger partial charge on any atom is -0.0998 e. The minimum atomic E-state index is 0.873. The van der Waals surface area contributed by atoms with Gasteiger partial charge in [-0.25, -0.2) is 0 Å². The number of allylic oxidation sites excluding steroid dienone is 4. The van der Waals surface area contributed by atoms with Crippen LogP contribution in [0.5, 0.6) is 0 Å². The summed E-state index contributed by atoms with van der Waals surface area (Å²) in [5.74, 6) is 0. The monoisotopic (exact) mass is 342 g/mol. The Morgan fingerprint density at radius 3 is 2.00 bits per heavy atom. The van der Waals surface area contributed by atoms with Gasteiger partial charge in [-0.3, -0.25) is 0 Å². The summed E-state index contributed by atoms with van der Waals surface area (Å²) >= 11 is 0. The zero-order valence-electron chi connectivity index (χ0n) is 16.9. The Labute approximate surface area is 159 Å². The first kappa shape index (κ1) is 19.7. The largest absolute Gasteiger partial charge is 0.0998 e. The molecule has 0 bridgehead atoms. The lowest BCUT2D eigenvalue weighted by Crippen LogP contribution is -1.92. The van der Waals surface area contributed by atoms with Crippen LogP contribution in [-0.4, -0.2) is 0 Å². The molecule has 26 heavy (non-hydrogen) atoms. The summed E-state index contributed by atoms with van der Waals surface area (Å²) in [6.45, 7) is 22.7. The Hall–Kier alpha value is -2.60. The third-order valence-electron chi connectivity index (χ3n) is 4.67. The molecule has 0 heteroatoms. The van der Waals surface area contributed by atoms with Crippen LogP contribution in [0, 0.1) is 13.8 Å². The van der Waals surface area contributed by atoms with E-state index in [1.165, 1.54) is 39.0 Å². The highest BCUT2D eigenvalue weighted by molar-refractivity contribution is 5.74. The summed E-state index contributed by atoms with van der Waals surface area (Å²) in [4.78, 5) is 0. The van der Waals surface area contributed by atoms with E-state index in [1.807, 2.05) is 6.92 Å². The van der Waals surface area contributed by atoms with E-state index < -0.39 is 0 Å². The molecule has 0 aliphatic heterocycles. The van der Waals surface area contributed by atoms with Gasteiger partial charge in [0.2, 0.25) is 0 Å². The van der Waals surface area contributed by atoms with Crippen molar-refractivity contribution >= 4 is 11.6 Å². The van der Waals surface area contributed by atoms with E-state index in [4.69, 9.17) is 0 Å². The van der Waals surface area contributed by atoms with Crippen molar-refractivity contribution in [1.82, 2.24) is 0 Å². The summed E-state index contributed by atoms with van der Waals surface area (Å²) in [5.41, 5.74) is 12.1. The molecule has 0 N–H and O–H groups in total. The van der Waals surface area contributed by atoms with Gasteiger partial charge in [-0.15, -0.1) is 0 Å². The molecular weight excluding hydrogens is 312 g/mol. The first-order chi connectivity index (χ1) is 12.2. The summed E-state index contributed by atoms with van der Waals surface area (Å²) in [6, 6.07) is 13.2. The summed E-state index contributed by atoms with van der Waals surface area (Å²) in [5, 5.41) is 0. The SMILES string of the molecule is C=C(C)C/C(=C\c1cc(C)c(-c2ccc(C(=C)C)cc2)cc1C)C(=C)C. The number of rotatable bonds is 6. The molecule has 0 atom stereocenters. The predicted molar refractivity (Wildman–Crippen MR) is 118 cm³/mol. The first-order valence-electron chi connectivity index (χ1n) is 9.07. The molecule has 0 spiro atoms. The van der Waals surface area contributed by atoms with E-state index >= 15 is 0 Å². The van der Waals surface area contributed by atoms with Crippen LogP contribution in [0.1, 0.15) is 49.4 Å². The smallest absolute Gasteiger partial charge is 0.00699 e. The van der Waals surface area contributed by atoms with Crippen LogP contribution in [0.3, 0.4) is 0 Å². The lowest BCUT2D eigenvalue weighted by atomic mass is 9.92. The van der Waals surface area contributed by atoms with Crippen molar-refractivity contribution in [3.05, 3.63) is 95.1 Å². The quantitative estimate of drug-likeness (QED) is 0.369. The Morgan fingerprint density at radius 2 is 1.50 bits per heavy atom. The second-order valence-electron chi connectivity index (χ2n) is 7.47. The highest BCUT2D eigenvalue weighted by atomic mass is 14.1. The maximum Gasteiger partial charge on any atom is -0.00699 e. The molecule has 134 valence electrons. The highest BCUT2D eigenvalue weighted by Gasteiger charge is 2.08. The van der Waals surface area contributed by atoms with E-state index in [2.05, 4.69) is 89.9 Å². The van der Waals surface area contributed by atoms with Gasteiger partial charge in [0.25, 0.3) is 0 Å². The third kappa shape index (κ3) is 4.73. The lowest BCUT2D eigenvalue weighted by molar-refractivity contribution is 1.13. The average Bonchev–Trinajstić information content (AvgIpc) is 2.56.